The summed E-state index contributed by atoms with van der Waals surface area (Å²) < 4.78 is 7.85. The van der Waals surface area contributed by atoms with Crippen LogP contribution in [0.2, 0.25) is 0 Å². The minimum atomic E-state index is -0.830. The fourth-order valence-corrected chi connectivity index (χ4v) is 4.03. The normalized spacial score (nSPS) is 33.9. The predicted octanol–water partition coefficient (Wildman–Crippen LogP) is 1.17. The molecule has 3 unspecified atom stereocenters. The highest BCUT2D eigenvalue weighted by Gasteiger charge is 2.70. The topological polar surface area (TPSA) is 69.3 Å². The maximum atomic E-state index is 12.7. The maximum Gasteiger partial charge on any atom is 0.241 e. The number of fused-ring (bicyclic) bond motifs is 1. The maximum absolute atomic E-state index is 12.7. The zero-order valence-corrected chi connectivity index (χ0v) is 13.1. The van der Waals surface area contributed by atoms with E-state index in [2.05, 4.69) is 5.32 Å². The molecular weight excluding hydrogens is 266 g/mol. The summed E-state index contributed by atoms with van der Waals surface area (Å²) in [6.07, 6.45) is 4.04. The highest BCUT2D eigenvalue weighted by molar-refractivity contribution is 5.89. The second-order valence-electron chi connectivity index (χ2n) is 6.92. The van der Waals surface area contributed by atoms with E-state index < -0.39 is 5.54 Å². The zero-order chi connectivity index (χ0) is 15.3. The van der Waals surface area contributed by atoms with Gasteiger partial charge in [0.1, 0.15) is 5.54 Å². The minimum Gasteiger partial charge on any atom is -0.377 e. The number of carbonyl (C=O) groups excluding carboxylic acids is 1. The molecule has 0 radical (unpaired) electrons. The average molecular weight is 291 g/mol. The number of nitrogens with two attached hydrogens (primary N) is 1. The quantitative estimate of drug-likeness (QED) is 0.878. The van der Waals surface area contributed by atoms with Crippen LogP contribution < -0.4 is 11.1 Å². The Balaban J connectivity index is 1.72. The number of aryl methyl sites for hydroxylation is 1. The Morgan fingerprint density at radius 3 is 3.00 bits per heavy atom. The molecule has 3 atom stereocenters. The van der Waals surface area contributed by atoms with Gasteiger partial charge in [-0.3, -0.25) is 4.79 Å². The highest BCUT2D eigenvalue weighted by atomic mass is 16.5. The molecule has 0 aromatic carbocycles. The number of nitrogens with one attached hydrogen (secondary N) is 1. The van der Waals surface area contributed by atoms with Crippen LogP contribution in [0.1, 0.15) is 32.4 Å². The van der Waals surface area contributed by atoms with Gasteiger partial charge in [0.25, 0.3) is 0 Å². The fraction of sp³-hybridized carbons (Fsp3) is 0.688. The van der Waals surface area contributed by atoms with Crippen molar-refractivity contribution in [2.24, 2.45) is 24.1 Å². The number of amides is 1. The van der Waals surface area contributed by atoms with Crippen LogP contribution >= 0.6 is 0 Å². The summed E-state index contributed by atoms with van der Waals surface area (Å²) in [5.74, 6) is 0.0788. The Morgan fingerprint density at radius 2 is 2.33 bits per heavy atom. The van der Waals surface area contributed by atoms with Gasteiger partial charge in [0.05, 0.1) is 12.6 Å². The van der Waals surface area contributed by atoms with Crippen LogP contribution in [0, 0.1) is 11.3 Å². The second-order valence-corrected chi connectivity index (χ2v) is 6.92. The lowest BCUT2D eigenvalue weighted by Crippen LogP contribution is -2.82. The molecule has 21 heavy (non-hydrogen) atoms. The zero-order valence-electron chi connectivity index (χ0n) is 13.1. The number of aromatic nitrogens is 1. The lowest BCUT2D eigenvalue weighted by Gasteiger charge is -2.65. The number of hydrogen-bond donors (Lipinski definition) is 2. The summed E-state index contributed by atoms with van der Waals surface area (Å²) in [6.45, 7) is 5.38. The molecule has 5 heteroatoms. The minimum absolute atomic E-state index is 0.0551. The van der Waals surface area contributed by atoms with Gasteiger partial charge in [-0.1, -0.05) is 13.8 Å². The first-order chi connectivity index (χ1) is 9.89. The third kappa shape index (κ3) is 1.94. The molecule has 3 N–H and O–H groups in total. The Labute approximate surface area is 125 Å². The van der Waals surface area contributed by atoms with Gasteiger partial charge in [0, 0.05) is 36.9 Å². The molecular formula is C16H25N3O2. The summed E-state index contributed by atoms with van der Waals surface area (Å²) in [5.41, 5.74) is 6.47. The molecule has 1 aliphatic heterocycles. The average Bonchev–Trinajstić information content (AvgIpc) is 2.89. The first-order valence-electron chi connectivity index (χ1n) is 7.68. The summed E-state index contributed by atoms with van der Waals surface area (Å²) in [7, 11) is 1.97. The van der Waals surface area contributed by atoms with Crippen LogP contribution in [0.5, 0.6) is 0 Å². The van der Waals surface area contributed by atoms with Crippen LogP contribution in [-0.2, 0) is 23.1 Å². The van der Waals surface area contributed by atoms with Gasteiger partial charge in [-0.2, -0.15) is 0 Å². The van der Waals surface area contributed by atoms with Crippen LogP contribution in [0.3, 0.4) is 0 Å². The van der Waals surface area contributed by atoms with Crippen molar-refractivity contribution in [3.05, 3.63) is 24.0 Å². The lowest BCUT2D eigenvalue weighted by atomic mass is 9.46. The van der Waals surface area contributed by atoms with Crippen LogP contribution in [0.4, 0.5) is 0 Å². The van der Waals surface area contributed by atoms with E-state index in [1.165, 1.54) is 0 Å². The van der Waals surface area contributed by atoms with Crippen molar-refractivity contribution < 1.29 is 9.53 Å². The first kappa shape index (κ1) is 14.6. The van der Waals surface area contributed by atoms with Gasteiger partial charge in [-0.05, 0) is 25.0 Å². The van der Waals surface area contributed by atoms with Gasteiger partial charge in [0.15, 0.2) is 0 Å². The molecule has 2 fully saturated rings. The number of carbonyl (C=O) groups is 1. The molecule has 0 bridgehead atoms. The molecule has 3 rings (SSSR count). The third-order valence-corrected chi connectivity index (χ3v) is 5.54. The molecule has 0 spiro atoms. The Hall–Kier alpha value is -1.33. The van der Waals surface area contributed by atoms with Gasteiger partial charge < -0.3 is 20.4 Å². The second kappa shape index (κ2) is 4.85. The molecule has 1 saturated carbocycles. The molecule has 2 aliphatic rings. The monoisotopic (exact) mass is 291 g/mol. The number of nitrogens with zero attached hydrogens (tertiary/aromatic N) is 1. The lowest BCUT2D eigenvalue weighted by molar-refractivity contribution is -0.225. The van der Waals surface area contributed by atoms with Crippen LogP contribution in [0.25, 0.3) is 0 Å². The van der Waals surface area contributed by atoms with Crippen molar-refractivity contribution in [2.45, 2.75) is 44.9 Å². The summed E-state index contributed by atoms with van der Waals surface area (Å²) in [6, 6.07) is 3.97. The van der Waals surface area contributed by atoms with Gasteiger partial charge in [-0.15, -0.1) is 0 Å². The Bertz CT molecular complexity index is 551. The predicted molar refractivity (Wildman–Crippen MR) is 80.4 cm³/mol. The van der Waals surface area contributed by atoms with Crippen molar-refractivity contribution in [1.29, 1.82) is 0 Å². The molecule has 5 nitrogen and oxygen atoms in total. The van der Waals surface area contributed by atoms with E-state index in [-0.39, 0.29) is 23.3 Å². The standard InChI is InChI=1S/C16H25N3O2/c1-15(2)13-12(7-5-9-21-13)16(15,17)14(20)18-10-11-6-4-8-19(11)3/h4,6,8,12-13H,5,7,9-10,17H2,1-3H3,(H,18,20). The van der Waals surface area contributed by atoms with Crippen molar-refractivity contribution in [1.82, 2.24) is 9.88 Å². The van der Waals surface area contributed by atoms with Crippen molar-refractivity contribution in [3.8, 4) is 0 Å². The fourth-order valence-electron chi connectivity index (χ4n) is 4.03. The van der Waals surface area contributed by atoms with E-state index in [1.54, 1.807) is 0 Å². The summed E-state index contributed by atoms with van der Waals surface area (Å²) >= 11 is 0. The molecule has 1 aromatic rings. The molecule has 116 valence electrons. The van der Waals surface area contributed by atoms with Crippen LogP contribution in [0.15, 0.2) is 18.3 Å². The number of ether oxygens (including phenoxy) is 1. The number of rotatable bonds is 3. The Kier molecular flexibility index (Phi) is 3.37. The molecule has 1 saturated heterocycles. The molecule has 1 aliphatic carbocycles. The van der Waals surface area contributed by atoms with Gasteiger partial charge in [0.2, 0.25) is 5.91 Å². The van der Waals surface area contributed by atoms with Crippen molar-refractivity contribution in [3.63, 3.8) is 0 Å². The molecule has 2 heterocycles. The third-order valence-electron chi connectivity index (χ3n) is 5.54. The van der Waals surface area contributed by atoms with E-state index in [0.717, 1.165) is 25.1 Å². The van der Waals surface area contributed by atoms with Gasteiger partial charge >= 0.3 is 0 Å². The van der Waals surface area contributed by atoms with E-state index in [4.69, 9.17) is 10.5 Å². The molecule has 1 amide bonds. The van der Waals surface area contributed by atoms with E-state index in [0.29, 0.717) is 6.54 Å². The summed E-state index contributed by atoms with van der Waals surface area (Å²) in [4.78, 5) is 12.7. The Morgan fingerprint density at radius 1 is 1.57 bits per heavy atom. The summed E-state index contributed by atoms with van der Waals surface area (Å²) in [5, 5.41) is 3.02. The SMILES string of the molecule is Cn1cccc1CNC(=O)C1(N)C2CCCOC2C1(C)C. The first-order valence-corrected chi connectivity index (χ1v) is 7.68. The van der Waals surface area contributed by atoms with Crippen molar-refractivity contribution in [2.75, 3.05) is 6.61 Å². The van der Waals surface area contributed by atoms with E-state index in [1.807, 2.05) is 43.8 Å². The molecule has 1 aromatic heterocycles. The van der Waals surface area contributed by atoms with Crippen molar-refractivity contribution >= 4 is 5.91 Å². The van der Waals surface area contributed by atoms with Crippen LogP contribution in [-0.4, -0.2) is 28.7 Å². The smallest absolute Gasteiger partial charge is 0.241 e. The van der Waals surface area contributed by atoms with E-state index >= 15 is 0 Å². The number of hydrogen-bond acceptors (Lipinski definition) is 3. The van der Waals surface area contributed by atoms with Gasteiger partial charge in [-0.25, -0.2) is 0 Å². The van der Waals surface area contributed by atoms with E-state index in [9.17, 15) is 4.79 Å². The largest absolute Gasteiger partial charge is 0.377 e. The highest BCUT2D eigenvalue weighted by Crippen LogP contribution is 2.57.